The number of rotatable bonds is 5. The van der Waals surface area contributed by atoms with E-state index in [1.54, 1.807) is 13.4 Å². The number of hydrogen-bond donors (Lipinski definition) is 0. The van der Waals surface area contributed by atoms with Crippen molar-refractivity contribution in [2.45, 2.75) is 37.6 Å². The maximum absolute atomic E-state index is 12.7. The quantitative estimate of drug-likeness (QED) is 0.822. The molecule has 0 radical (unpaired) electrons. The van der Waals surface area contributed by atoms with Crippen LogP contribution in [-0.2, 0) is 9.53 Å². The van der Waals surface area contributed by atoms with Gasteiger partial charge in [0.1, 0.15) is 12.1 Å². The molecule has 0 spiro atoms. The third-order valence-electron chi connectivity index (χ3n) is 5.32. The van der Waals surface area contributed by atoms with Gasteiger partial charge in [0, 0.05) is 50.5 Å². The molecule has 5 rings (SSSR count). The first kappa shape index (κ1) is 14.9. The fourth-order valence-corrected chi connectivity index (χ4v) is 3.85. The maximum Gasteiger partial charge on any atom is 0.227 e. The normalized spacial score (nSPS) is 27.4. The van der Waals surface area contributed by atoms with E-state index in [1.165, 1.54) is 12.8 Å². The highest BCUT2D eigenvalue weighted by molar-refractivity contribution is 5.81. The van der Waals surface area contributed by atoms with Gasteiger partial charge < -0.3 is 14.5 Å². The van der Waals surface area contributed by atoms with E-state index in [4.69, 9.17) is 4.74 Å². The summed E-state index contributed by atoms with van der Waals surface area (Å²) in [6.07, 6.45) is 6.23. The van der Waals surface area contributed by atoms with Crippen molar-refractivity contribution in [3.63, 3.8) is 0 Å². The molecule has 1 aromatic heterocycles. The van der Waals surface area contributed by atoms with Gasteiger partial charge in [-0.15, -0.1) is 0 Å². The second-order valence-corrected chi connectivity index (χ2v) is 6.93. The number of aromatic nitrogens is 2. The SMILES string of the molecule is COCCN1C(=O)C2CCC1CN(c1cc(C3CC3)ncn1)C2. The molecule has 2 bridgehead atoms. The van der Waals surface area contributed by atoms with Crippen LogP contribution in [0.5, 0.6) is 0 Å². The molecule has 1 saturated carbocycles. The lowest BCUT2D eigenvalue weighted by Gasteiger charge is -2.35. The van der Waals surface area contributed by atoms with E-state index in [2.05, 4.69) is 20.9 Å². The zero-order valence-corrected chi connectivity index (χ0v) is 13.6. The zero-order valence-electron chi connectivity index (χ0n) is 13.6. The summed E-state index contributed by atoms with van der Waals surface area (Å²) in [4.78, 5) is 25.9. The van der Waals surface area contributed by atoms with E-state index in [-0.39, 0.29) is 17.9 Å². The molecule has 3 saturated heterocycles. The van der Waals surface area contributed by atoms with Gasteiger partial charge in [0.2, 0.25) is 5.91 Å². The first-order chi connectivity index (χ1) is 11.3. The maximum atomic E-state index is 12.7. The van der Waals surface area contributed by atoms with Crippen LogP contribution in [0.4, 0.5) is 5.82 Å². The highest BCUT2D eigenvalue weighted by atomic mass is 16.5. The number of methoxy groups -OCH3 is 1. The topological polar surface area (TPSA) is 58.6 Å². The van der Waals surface area contributed by atoms with Crippen molar-refractivity contribution in [1.29, 1.82) is 0 Å². The lowest BCUT2D eigenvalue weighted by atomic mass is 9.94. The van der Waals surface area contributed by atoms with Crippen molar-refractivity contribution in [3.05, 3.63) is 18.1 Å². The highest BCUT2D eigenvalue weighted by Crippen LogP contribution is 2.40. The van der Waals surface area contributed by atoms with Gasteiger partial charge >= 0.3 is 0 Å². The number of fused-ring (bicyclic) bond motifs is 4. The van der Waals surface area contributed by atoms with Crippen LogP contribution in [-0.4, -0.2) is 60.2 Å². The van der Waals surface area contributed by atoms with Gasteiger partial charge in [0.05, 0.1) is 12.5 Å². The molecule has 6 heteroatoms. The van der Waals surface area contributed by atoms with Crippen molar-refractivity contribution in [1.82, 2.24) is 14.9 Å². The number of nitrogens with zero attached hydrogens (tertiary/aromatic N) is 4. The van der Waals surface area contributed by atoms with Crippen LogP contribution >= 0.6 is 0 Å². The fourth-order valence-electron chi connectivity index (χ4n) is 3.85. The third kappa shape index (κ3) is 2.92. The van der Waals surface area contributed by atoms with E-state index in [0.29, 0.717) is 19.1 Å². The Morgan fingerprint density at radius 2 is 2.00 bits per heavy atom. The summed E-state index contributed by atoms with van der Waals surface area (Å²) in [6.45, 7) is 2.95. The molecule has 1 amide bonds. The van der Waals surface area contributed by atoms with Gasteiger partial charge in [-0.3, -0.25) is 4.79 Å². The van der Waals surface area contributed by atoms with Crippen molar-refractivity contribution in [2.24, 2.45) is 5.92 Å². The predicted octanol–water partition coefficient (Wildman–Crippen LogP) is 1.43. The summed E-state index contributed by atoms with van der Waals surface area (Å²) in [5, 5.41) is 0. The highest BCUT2D eigenvalue weighted by Gasteiger charge is 2.40. The standard InChI is InChI=1S/C17H24N4O2/c1-23-7-6-21-14-5-4-13(17(21)22)9-20(10-14)16-8-15(12-2-3-12)18-11-19-16/h8,11-14H,2-7,9-10H2,1H3. The van der Waals surface area contributed by atoms with Crippen LogP contribution in [0.3, 0.4) is 0 Å². The van der Waals surface area contributed by atoms with Gasteiger partial charge in [0.25, 0.3) is 0 Å². The Morgan fingerprint density at radius 3 is 2.78 bits per heavy atom. The third-order valence-corrected chi connectivity index (χ3v) is 5.32. The molecular formula is C17H24N4O2. The molecule has 4 fully saturated rings. The number of ether oxygens (including phenoxy) is 1. The van der Waals surface area contributed by atoms with E-state index in [0.717, 1.165) is 37.4 Å². The molecule has 2 atom stereocenters. The first-order valence-corrected chi connectivity index (χ1v) is 8.62. The summed E-state index contributed by atoms with van der Waals surface area (Å²) in [5.74, 6) is 1.99. The van der Waals surface area contributed by atoms with Crippen LogP contribution in [0.2, 0.25) is 0 Å². The molecule has 0 N–H and O–H groups in total. The van der Waals surface area contributed by atoms with Crippen LogP contribution < -0.4 is 4.90 Å². The first-order valence-electron chi connectivity index (χ1n) is 8.62. The zero-order chi connectivity index (χ0) is 15.8. The molecule has 2 unspecified atom stereocenters. The minimum atomic E-state index is 0.0879. The molecule has 3 aliphatic heterocycles. The Labute approximate surface area is 136 Å². The number of carbonyl (C=O) groups excluding carboxylic acids is 1. The average molecular weight is 316 g/mol. The molecule has 6 nitrogen and oxygen atoms in total. The van der Waals surface area contributed by atoms with Gasteiger partial charge in [0.15, 0.2) is 0 Å². The van der Waals surface area contributed by atoms with E-state index in [1.807, 2.05) is 4.90 Å². The minimum Gasteiger partial charge on any atom is -0.383 e. The van der Waals surface area contributed by atoms with Gasteiger partial charge in [-0.05, 0) is 25.7 Å². The summed E-state index contributed by atoms with van der Waals surface area (Å²) in [5.41, 5.74) is 1.16. The van der Waals surface area contributed by atoms with Gasteiger partial charge in [-0.1, -0.05) is 0 Å². The van der Waals surface area contributed by atoms with Crippen LogP contribution in [0, 0.1) is 5.92 Å². The molecule has 124 valence electrons. The second kappa shape index (κ2) is 6.07. The minimum absolute atomic E-state index is 0.0879. The smallest absolute Gasteiger partial charge is 0.227 e. The number of piperidine rings is 1. The Kier molecular flexibility index (Phi) is 3.93. The number of anilines is 1. The van der Waals surface area contributed by atoms with Crippen LogP contribution in [0.15, 0.2) is 12.4 Å². The molecule has 4 aliphatic rings. The Hall–Kier alpha value is -1.69. The second-order valence-electron chi connectivity index (χ2n) is 6.93. The molecule has 4 heterocycles. The van der Waals surface area contributed by atoms with Crippen molar-refractivity contribution >= 4 is 11.7 Å². The lowest BCUT2D eigenvalue weighted by Crippen LogP contribution is -2.49. The van der Waals surface area contributed by atoms with E-state index < -0.39 is 0 Å². The number of carbonyl (C=O) groups is 1. The van der Waals surface area contributed by atoms with Gasteiger partial charge in [-0.25, -0.2) is 9.97 Å². The van der Waals surface area contributed by atoms with E-state index >= 15 is 0 Å². The Balaban J connectivity index is 1.55. The van der Waals surface area contributed by atoms with Crippen molar-refractivity contribution in [2.75, 3.05) is 38.3 Å². The number of hydrogen-bond acceptors (Lipinski definition) is 5. The predicted molar refractivity (Wildman–Crippen MR) is 86.3 cm³/mol. The van der Waals surface area contributed by atoms with E-state index in [9.17, 15) is 4.79 Å². The molecule has 23 heavy (non-hydrogen) atoms. The Bertz CT molecular complexity index is 590. The monoisotopic (exact) mass is 316 g/mol. The molecule has 0 aromatic carbocycles. The van der Waals surface area contributed by atoms with Crippen molar-refractivity contribution in [3.8, 4) is 0 Å². The fraction of sp³-hybridized carbons (Fsp3) is 0.706. The summed E-state index contributed by atoms with van der Waals surface area (Å²) < 4.78 is 5.17. The molecule has 1 aliphatic carbocycles. The average Bonchev–Trinajstić information content (AvgIpc) is 3.42. The molecule has 1 aromatic rings. The van der Waals surface area contributed by atoms with Crippen LogP contribution in [0.1, 0.15) is 37.3 Å². The van der Waals surface area contributed by atoms with Gasteiger partial charge in [-0.2, -0.15) is 0 Å². The largest absolute Gasteiger partial charge is 0.383 e. The summed E-state index contributed by atoms with van der Waals surface area (Å²) in [6, 6.07) is 2.41. The van der Waals surface area contributed by atoms with Crippen molar-refractivity contribution < 1.29 is 9.53 Å². The lowest BCUT2D eigenvalue weighted by molar-refractivity contribution is -0.140. The summed E-state index contributed by atoms with van der Waals surface area (Å²) >= 11 is 0. The van der Waals surface area contributed by atoms with Crippen LogP contribution in [0.25, 0.3) is 0 Å². The molecular weight excluding hydrogens is 292 g/mol. The number of amides is 1. The Morgan fingerprint density at radius 1 is 1.17 bits per heavy atom. The summed E-state index contributed by atoms with van der Waals surface area (Å²) in [7, 11) is 1.69.